The van der Waals surface area contributed by atoms with E-state index in [2.05, 4.69) is 15.3 Å². The molecule has 162 valence electrons. The molecule has 1 amide bonds. The van der Waals surface area contributed by atoms with Crippen molar-refractivity contribution in [1.29, 1.82) is 0 Å². The van der Waals surface area contributed by atoms with Gasteiger partial charge in [0, 0.05) is 29.2 Å². The topological polar surface area (TPSA) is 73.0 Å². The van der Waals surface area contributed by atoms with Crippen LogP contribution in [0.25, 0.3) is 28.5 Å². The number of carbonyl (C=O) groups excluding carboxylic acids is 1. The van der Waals surface area contributed by atoms with Crippen LogP contribution in [0.5, 0.6) is 0 Å². The molecule has 7 heteroatoms. The molecular weight excluding hydrogens is 419 g/mol. The number of aryl methyl sites for hydroxylation is 1. The Morgan fingerprint density at radius 2 is 1.88 bits per heavy atom. The molecule has 0 aliphatic carbocycles. The van der Waals surface area contributed by atoms with E-state index in [1.54, 1.807) is 59.6 Å². The maximum Gasteiger partial charge on any atom is 0.256 e. The lowest BCUT2D eigenvalue weighted by Crippen LogP contribution is -2.13. The van der Waals surface area contributed by atoms with Crippen LogP contribution < -0.4 is 5.32 Å². The monoisotopic (exact) mass is 438 g/mol. The van der Waals surface area contributed by atoms with E-state index in [0.717, 1.165) is 11.1 Å². The Morgan fingerprint density at radius 3 is 2.64 bits per heavy atom. The van der Waals surface area contributed by atoms with Crippen molar-refractivity contribution < 1.29 is 13.6 Å². The highest BCUT2D eigenvalue weighted by atomic mass is 19.1. The van der Waals surface area contributed by atoms with Gasteiger partial charge in [-0.1, -0.05) is 42.0 Å². The molecule has 5 rings (SSSR count). The normalized spacial score (nSPS) is 10.8. The molecule has 1 N–H and O–H groups in total. The van der Waals surface area contributed by atoms with Crippen LogP contribution in [0.1, 0.15) is 15.9 Å². The van der Waals surface area contributed by atoms with E-state index in [1.165, 1.54) is 12.4 Å². The minimum Gasteiger partial charge on any atom is -0.436 e. The van der Waals surface area contributed by atoms with E-state index >= 15 is 0 Å². The zero-order valence-electron chi connectivity index (χ0n) is 17.7. The van der Waals surface area contributed by atoms with Crippen molar-refractivity contribution >= 4 is 11.6 Å². The Morgan fingerprint density at radius 1 is 1.06 bits per heavy atom. The number of imidazole rings is 1. The van der Waals surface area contributed by atoms with Crippen molar-refractivity contribution in [2.24, 2.45) is 0 Å². The maximum atomic E-state index is 14.6. The summed E-state index contributed by atoms with van der Waals surface area (Å²) in [4.78, 5) is 21.3. The molecule has 6 nitrogen and oxygen atoms in total. The molecule has 3 aromatic carbocycles. The van der Waals surface area contributed by atoms with Gasteiger partial charge in [0.2, 0.25) is 5.89 Å². The molecule has 0 aliphatic heterocycles. The minimum absolute atomic E-state index is 0.331. The van der Waals surface area contributed by atoms with Gasteiger partial charge in [0.15, 0.2) is 5.76 Å². The van der Waals surface area contributed by atoms with Crippen molar-refractivity contribution in [3.63, 3.8) is 0 Å². The highest BCUT2D eigenvalue weighted by Crippen LogP contribution is 2.29. The first-order valence-corrected chi connectivity index (χ1v) is 10.3. The number of amides is 1. The largest absolute Gasteiger partial charge is 0.436 e. The Labute approximate surface area is 189 Å². The molecule has 2 heterocycles. The van der Waals surface area contributed by atoms with Gasteiger partial charge in [0.25, 0.3) is 5.91 Å². The number of oxazole rings is 1. The molecule has 2 aromatic heterocycles. The van der Waals surface area contributed by atoms with Crippen molar-refractivity contribution in [2.75, 3.05) is 5.32 Å². The van der Waals surface area contributed by atoms with Crippen LogP contribution >= 0.6 is 0 Å². The number of hydrogen-bond acceptors (Lipinski definition) is 4. The fraction of sp³-hybridized carbons (Fsp3) is 0.0385. The number of carbonyl (C=O) groups is 1. The highest BCUT2D eigenvalue weighted by molar-refractivity contribution is 6.08. The van der Waals surface area contributed by atoms with Gasteiger partial charge in [-0.2, -0.15) is 0 Å². The van der Waals surface area contributed by atoms with Crippen LogP contribution in [0, 0.1) is 12.7 Å². The van der Waals surface area contributed by atoms with Gasteiger partial charge in [-0.15, -0.1) is 0 Å². The van der Waals surface area contributed by atoms with E-state index in [4.69, 9.17) is 4.42 Å². The zero-order valence-corrected chi connectivity index (χ0v) is 17.7. The average Bonchev–Trinajstić information content (AvgIpc) is 3.52. The van der Waals surface area contributed by atoms with Gasteiger partial charge in [-0.05, 0) is 37.3 Å². The molecule has 0 atom stereocenters. The van der Waals surface area contributed by atoms with Gasteiger partial charge in [0.05, 0.1) is 23.8 Å². The highest BCUT2D eigenvalue weighted by Gasteiger charge is 2.18. The SMILES string of the molecule is Cc1ccc(-c2cnc(-c3ccccc3C(=O)Nc3ccc(-n4ccnc4)c(F)c3)o2)cc1. The second-order valence-corrected chi connectivity index (χ2v) is 7.53. The number of hydrogen-bond donors (Lipinski definition) is 1. The van der Waals surface area contributed by atoms with E-state index in [1.807, 2.05) is 31.2 Å². The quantitative estimate of drug-likeness (QED) is 0.371. The summed E-state index contributed by atoms with van der Waals surface area (Å²) < 4.78 is 22.1. The molecular formula is C26H19FN4O2. The van der Waals surface area contributed by atoms with Crippen molar-refractivity contribution in [3.05, 3.63) is 109 Å². The Hall–Kier alpha value is -4.52. The number of benzene rings is 3. The summed E-state index contributed by atoms with van der Waals surface area (Å²) in [5.41, 5.74) is 3.64. The lowest BCUT2D eigenvalue weighted by molar-refractivity contribution is 0.102. The summed E-state index contributed by atoms with van der Waals surface area (Å²) in [5.74, 6) is 0.0697. The minimum atomic E-state index is -0.477. The van der Waals surface area contributed by atoms with Crippen LogP contribution in [-0.4, -0.2) is 20.4 Å². The molecule has 33 heavy (non-hydrogen) atoms. The number of aromatic nitrogens is 3. The maximum absolute atomic E-state index is 14.6. The summed E-state index contributed by atoms with van der Waals surface area (Å²) in [6.45, 7) is 2.02. The molecule has 0 saturated heterocycles. The molecule has 0 fully saturated rings. The van der Waals surface area contributed by atoms with Crippen molar-refractivity contribution in [2.45, 2.75) is 6.92 Å². The fourth-order valence-electron chi connectivity index (χ4n) is 3.51. The molecule has 5 aromatic rings. The van der Waals surface area contributed by atoms with E-state index < -0.39 is 11.7 Å². The van der Waals surface area contributed by atoms with Gasteiger partial charge >= 0.3 is 0 Å². The first-order valence-electron chi connectivity index (χ1n) is 10.3. The summed E-state index contributed by atoms with van der Waals surface area (Å²) in [5, 5.41) is 2.75. The van der Waals surface area contributed by atoms with Crippen LogP contribution in [0.4, 0.5) is 10.1 Å². The van der Waals surface area contributed by atoms with Crippen molar-refractivity contribution in [1.82, 2.24) is 14.5 Å². The summed E-state index contributed by atoms with van der Waals surface area (Å²) in [6.07, 6.45) is 6.36. The van der Waals surface area contributed by atoms with Gasteiger partial charge in [-0.25, -0.2) is 14.4 Å². The van der Waals surface area contributed by atoms with Crippen molar-refractivity contribution in [3.8, 4) is 28.5 Å². The second kappa shape index (κ2) is 8.55. The Bertz CT molecular complexity index is 1420. The van der Waals surface area contributed by atoms with E-state index in [-0.39, 0.29) is 0 Å². The first-order chi connectivity index (χ1) is 16.1. The molecule has 0 bridgehead atoms. The predicted molar refractivity (Wildman–Crippen MR) is 124 cm³/mol. The third-order valence-corrected chi connectivity index (χ3v) is 5.23. The average molecular weight is 438 g/mol. The molecule has 0 saturated carbocycles. The predicted octanol–water partition coefficient (Wildman–Crippen LogP) is 5.89. The van der Waals surface area contributed by atoms with Crippen LogP contribution in [0.2, 0.25) is 0 Å². The molecule has 0 radical (unpaired) electrons. The molecule has 0 aliphatic rings. The van der Waals surface area contributed by atoms with Gasteiger partial charge in [0.1, 0.15) is 5.82 Å². The lowest BCUT2D eigenvalue weighted by Gasteiger charge is -2.10. The molecule has 0 unspecified atom stereocenters. The Kier molecular flexibility index (Phi) is 5.28. The number of rotatable bonds is 5. The van der Waals surface area contributed by atoms with Crippen LogP contribution in [0.15, 0.2) is 96.1 Å². The number of nitrogens with one attached hydrogen (secondary N) is 1. The second-order valence-electron chi connectivity index (χ2n) is 7.53. The molecule has 0 spiro atoms. The number of halogens is 1. The standard InChI is InChI=1S/C26H19FN4O2/c1-17-6-8-18(9-7-17)24-15-29-26(33-24)21-5-3-2-4-20(21)25(32)30-19-10-11-23(22(27)14-19)31-13-12-28-16-31/h2-16H,1H3,(H,30,32). The van der Waals surface area contributed by atoms with Crippen LogP contribution in [0.3, 0.4) is 0 Å². The Balaban J connectivity index is 1.41. The smallest absolute Gasteiger partial charge is 0.256 e. The van der Waals surface area contributed by atoms with Gasteiger partial charge < -0.3 is 14.3 Å². The first kappa shape index (κ1) is 20.4. The lowest BCUT2D eigenvalue weighted by atomic mass is 10.1. The third-order valence-electron chi connectivity index (χ3n) is 5.23. The summed E-state index contributed by atoms with van der Waals surface area (Å²) in [6, 6.07) is 19.4. The summed E-state index contributed by atoms with van der Waals surface area (Å²) >= 11 is 0. The zero-order chi connectivity index (χ0) is 22.8. The fourth-order valence-corrected chi connectivity index (χ4v) is 3.51. The van der Waals surface area contributed by atoms with Gasteiger partial charge in [-0.3, -0.25) is 4.79 Å². The van der Waals surface area contributed by atoms with Crippen LogP contribution in [-0.2, 0) is 0 Å². The van der Waals surface area contributed by atoms with E-state index in [9.17, 15) is 9.18 Å². The summed E-state index contributed by atoms with van der Waals surface area (Å²) in [7, 11) is 0. The third kappa shape index (κ3) is 4.16. The number of anilines is 1. The number of nitrogens with zero attached hydrogens (tertiary/aromatic N) is 3. The van der Waals surface area contributed by atoms with E-state index in [0.29, 0.717) is 34.2 Å².